The molecule has 0 bridgehead atoms. The molecule has 2 amide bonds. The van der Waals surface area contributed by atoms with Crippen molar-refractivity contribution in [2.24, 2.45) is 5.92 Å². The maximum atomic E-state index is 13.5. The van der Waals surface area contributed by atoms with E-state index >= 15 is 0 Å². The van der Waals surface area contributed by atoms with E-state index in [1.54, 1.807) is 17.7 Å². The third kappa shape index (κ3) is 5.55. The van der Waals surface area contributed by atoms with Gasteiger partial charge in [0.15, 0.2) is 0 Å². The van der Waals surface area contributed by atoms with Crippen molar-refractivity contribution in [3.8, 4) is 0 Å². The molecule has 7 heteroatoms. The molecule has 6 nitrogen and oxygen atoms in total. The van der Waals surface area contributed by atoms with Gasteiger partial charge in [0.25, 0.3) is 11.8 Å². The third-order valence-electron chi connectivity index (χ3n) is 4.85. The summed E-state index contributed by atoms with van der Waals surface area (Å²) in [5, 5.41) is 2.67. The van der Waals surface area contributed by atoms with Crippen LogP contribution in [0.2, 0.25) is 0 Å². The van der Waals surface area contributed by atoms with Crippen LogP contribution < -0.4 is 10.7 Å². The van der Waals surface area contributed by atoms with E-state index < -0.39 is 23.1 Å². The zero-order valence-electron chi connectivity index (χ0n) is 18.5. The molecule has 1 aromatic heterocycles. The van der Waals surface area contributed by atoms with Crippen molar-refractivity contribution >= 4 is 11.8 Å². The van der Waals surface area contributed by atoms with E-state index in [1.807, 2.05) is 34.6 Å². The van der Waals surface area contributed by atoms with Crippen LogP contribution in [0.4, 0.5) is 4.39 Å². The molecular formula is C23H30FN3O3. The van der Waals surface area contributed by atoms with Gasteiger partial charge in [-0.05, 0) is 49.9 Å². The Morgan fingerprint density at radius 2 is 1.77 bits per heavy atom. The quantitative estimate of drug-likeness (QED) is 0.752. The van der Waals surface area contributed by atoms with Crippen LogP contribution in [0.1, 0.15) is 65.6 Å². The Labute approximate surface area is 176 Å². The molecule has 1 N–H and O–H groups in total. The molecule has 162 valence electrons. The second kappa shape index (κ2) is 9.69. The molecule has 0 unspecified atom stereocenters. The maximum Gasteiger partial charge on any atom is 0.259 e. The first-order valence-electron chi connectivity index (χ1n) is 10.1. The first-order valence-corrected chi connectivity index (χ1v) is 10.1. The lowest BCUT2D eigenvalue weighted by molar-refractivity contribution is 0.0777. The molecule has 1 aromatic carbocycles. The molecule has 0 spiro atoms. The molecule has 0 saturated heterocycles. The van der Waals surface area contributed by atoms with Crippen molar-refractivity contribution in [3.63, 3.8) is 0 Å². The Balaban J connectivity index is 2.37. The number of carbonyl (C=O) groups is 2. The molecule has 1 heterocycles. The van der Waals surface area contributed by atoms with Crippen molar-refractivity contribution in [1.82, 2.24) is 14.8 Å². The maximum absolute atomic E-state index is 13.5. The highest BCUT2D eigenvalue weighted by molar-refractivity contribution is 5.99. The fourth-order valence-corrected chi connectivity index (χ4v) is 3.15. The van der Waals surface area contributed by atoms with Crippen LogP contribution in [0, 0.1) is 18.7 Å². The van der Waals surface area contributed by atoms with Crippen molar-refractivity contribution in [3.05, 3.63) is 68.9 Å². The summed E-state index contributed by atoms with van der Waals surface area (Å²) in [6.07, 6.45) is 2.96. The van der Waals surface area contributed by atoms with E-state index in [9.17, 15) is 18.8 Å². The summed E-state index contributed by atoms with van der Waals surface area (Å²) >= 11 is 0. The Morgan fingerprint density at radius 1 is 1.13 bits per heavy atom. The molecule has 0 aliphatic heterocycles. The molecule has 0 aliphatic carbocycles. The van der Waals surface area contributed by atoms with Crippen LogP contribution in [0.15, 0.2) is 35.4 Å². The van der Waals surface area contributed by atoms with Gasteiger partial charge in [0, 0.05) is 38.6 Å². The molecule has 0 atom stereocenters. The lowest BCUT2D eigenvalue weighted by Crippen LogP contribution is -2.37. The summed E-state index contributed by atoms with van der Waals surface area (Å²) in [5.74, 6) is -1.17. The summed E-state index contributed by atoms with van der Waals surface area (Å²) < 4.78 is 15.2. The first-order chi connectivity index (χ1) is 14.0. The predicted molar refractivity (Wildman–Crippen MR) is 115 cm³/mol. The van der Waals surface area contributed by atoms with Crippen molar-refractivity contribution in [2.45, 2.75) is 47.2 Å². The molecular weight excluding hydrogens is 385 g/mol. The Hall–Kier alpha value is -2.96. The Bertz CT molecular complexity index is 996. The molecule has 2 rings (SSSR count). The minimum atomic E-state index is -0.610. The van der Waals surface area contributed by atoms with E-state index in [1.165, 1.54) is 29.4 Å². The number of hydrogen-bond donors (Lipinski definition) is 1. The number of pyridine rings is 1. The standard InChI is InChI=1S/C23H30FN3O3/c1-14(2)11-26(6)23(30)20-13-27(15(3)4)12-19(21(20)28)22(29)25-10-17-9-18(24)8-7-16(17)5/h7-9,12-15H,10-11H2,1-6H3,(H,25,29). The van der Waals surface area contributed by atoms with Gasteiger partial charge in [0.05, 0.1) is 0 Å². The second-order valence-corrected chi connectivity index (χ2v) is 8.29. The van der Waals surface area contributed by atoms with E-state index in [2.05, 4.69) is 5.32 Å². The van der Waals surface area contributed by atoms with Crippen LogP contribution in [-0.4, -0.2) is 34.9 Å². The number of benzene rings is 1. The number of hydrogen-bond acceptors (Lipinski definition) is 3. The third-order valence-corrected chi connectivity index (χ3v) is 4.85. The van der Waals surface area contributed by atoms with Gasteiger partial charge in [0.1, 0.15) is 16.9 Å². The molecule has 2 aromatic rings. The van der Waals surface area contributed by atoms with Gasteiger partial charge in [-0.2, -0.15) is 0 Å². The van der Waals surface area contributed by atoms with Gasteiger partial charge in [-0.25, -0.2) is 4.39 Å². The van der Waals surface area contributed by atoms with Crippen molar-refractivity contribution in [1.29, 1.82) is 0 Å². The van der Waals surface area contributed by atoms with Crippen LogP contribution >= 0.6 is 0 Å². The van der Waals surface area contributed by atoms with Crippen LogP contribution in [0.5, 0.6) is 0 Å². The molecule has 0 fully saturated rings. The number of nitrogens with zero attached hydrogens (tertiary/aromatic N) is 2. The van der Waals surface area contributed by atoms with E-state index in [-0.39, 0.29) is 29.6 Å². The van der Waals surface area contributed by atoms with Crippen LogP contribution in [-0.2, 0) is 6.54 Å². The molecule has 0 radical (unpaired) electrons. The van der Waals surface area contributed by atoms with Crippen LogP contribution in [0.25, 0.3) is 0 Å². The number of carbonyl (C=O) groups excluding carboxylic acids is 2. The minimum Gasteiger partial charge on any atom is -0.350 e. The van der Waals surface area contributed by atoms with Gasteiger partial charge >= 0.3 is 0 Å². The highest BCUT2D eigenvalue weighted by Crippen LogP contribution is 2.12. The summed E-state index contributed by atoms with van der Waals surface area (Å²) in [6, 6.07) is 4.28. The molecule has 0 aliphatic rings. The Morgan fingerprint density at radius 3 is 2.37 bits per heavy atom. The van der Waals surface area contributed by atoms with Crippen molar-refractivity contribution < 1.29 is 14.0 Å². The zero-order valence-corrected chi connectivity index (χ0v) is 18.5. The second-order valence-electron chi connectivity index (χ2n) is 8.29. The fraction of sp³-hybridized carbons (Fsp3) is 0.435. The van der Waals surface area contributed by atoms with Crippen molar-refractivity contribution in [2.75, 3.05) is 13.6 Å². The van der Waals surface area contributed by atoms with Gasteiger partial charge < -0.3 is 14.8 Å². The largest absolute Gasteiger partial charge is 0.350 e. The highest BCUT2D eigenvalue weighted by Gasteiger charge is 2.22. The minimum absolute atomic E-state index is 0.0403. The number of rotatable bonds is 7. The smallest absolute Gasteiger partial charge is 0.259 e. The number of aromatic nitrogens is 1. The normalized spacial score (nSPS) is 11.1. The molecule has 0 saturated carbocycles. The zero-order chi connectivity index (χ0) is 22.6. The Kier molecular flexibility index (Phi) is 7.54. The fourth-order valence-electron chi connectivity index (χ4n) is 3.15. The van der Waals surface area contributed by atoms with E-state index in [0.717, 1.165) is 5.56 Å². The SMILES string of the molecule is Cc1ccc(F)cc1CNC(=O)c1cn(C(C)C)cc(C(=O)N(C)CC(C)C)c1=O. The van der Waals surface area contributed by atoms with Gasteiger partial charge in [0.2, 0.25) is 5.43 Å². The summed E-state index contributed by atoms with van der Waals surface area (Å²) in [7, 11) is 1.64. The topological polar surface area (TPSA) is 71.4 Å². The summed E-state index contributed by atoms with van der Waals surface area (Å²) in [4.78, 5) is 40.1. The van der Waals surface area contributed by atoms with Gasteiger partial charge in [-0.1, -0.05) is 19.9 Å². The van der Waals surface area contributed by atoms with Gasteiger partial charge in [-0.3, -0.25) is 14.4 Å². The average molecular weight is 416 g/mol. The van der Waals surface area contributed by atoms with Gasteiger partial charge in [-0.15, -0.1) is 0 Å². The first kappa shape index (κ1) is 23.3. The molecule has 30 heavy (non-hydrogen) atoms. The number of amides is 2. The average Bonchev–Trinajstić information content (AvgIpc) is 2.67. The lowest BCUT2D eigenvalue weighted by Gasteiger charge is -2.21. The van der Waals surface area contributed by atoms with Crippen LogP contribution in [0.3, 0.4) is 0 Å². The van der Waals surface area contributed by atoms with E-state index in [0.29, 0.717) is 12.1 Å². The number of nitrogens with one attached hydrogen (secondary N) is 1. The predicted octanol–water partition coefficient (Wildman–Crippen LogP) is 3.53. The van der Waals surface area contributed by atoms with E-state index in [4.69, 9.17) is 0 Å². The summed E-state index contributed by atoms with van der Waals surface area (Å²) in [6.45, 7) is 10.1. The number of aryl methyl sites for hydroxylation is 1. The highest BCUT2D eigenvalue weighted by atomic mass is 19.1. The summed E-state index contributed by atoms with van der Waals surface area (Å²) in [5.41, 5.74) is 0.691. The monoisotopic (exact) mass is 415 g/mol. The number of halogens is 1. The lowest BCUT2D eigenvalue weighted by atomic mass is 10.1.